The van der Waals surface area contributed by atoms with Gasteiger partial charge in [-0.1, -0.05) is 24.0 Å². The number of anilines is 2. The fourth-order valence-electron chi connectivity index (χ4n) is 5.24. The molecule has 0 bridgehead atoms. The monoisotopic (exact) mass is 613 g/mol. The average Bonchev–Trinajstić information content (AvgIpc) is 3.70. The zero-order chi connectivity index (χ0) is 28.4. The predicted molar refractivity (Wildman–Crippen MR) is 154 cm³/mol. The van der Waals surface area contributed by atoms with E-state index in [-0.39, 0.29) is 29.6 Å². The van der Waals surface area contributed by atoms with Gasteiger partial charge in [-0.3, -0.25) is 9.59 Å². The number of carbonyl (C=O) groups excluding carboxylic acids is 2. The van der Waals surface area contributed by atoms with Crippen molar-refractivity contribution in [3.05, 3.63) is 39.8 Å². The van der Waals surface area contributed by atoms with Crippen LogP contribution in [0.25, 0.3) is 0 Å². The largest absolute Gasteiger partial charge is 0.416 e. The first kappa shape index (κ1) is 29.1. The first-order valence-corrected chi connectivity index (χ1v) is 15.5. The van der Waals surface area contributed by atoms with Gasteiger partial charge in [0.05, 0.1) is 21.9 Å². The Kier molecular flexibility index (Phi) is 8.88. The highest BCUT2D eigenvalue weighted by atomic mass is 32.2. The van der Waals surface area contributed by atoms with Gasteiger partial charge in [-0.05, 0) is 43.9 Å². The number of aliphatic hydroxyl groups excluding tert-OH is 1. The molecule has 3 aliphatic heterocycles. The van der Waals surface area contributed by atoms with E-state index in [0.29, 0.717) is 48.2 Å². The molecule has 3 fully saturated rings. The van der Waals surface area contributed by atoms with Crippen LogP contribution in [-0.2, 0) is 11.0 Å². The number of alkyl halides is 3. The van der Waals surface area contributed by atoms with Gasteiger partial charge >= 0.3 is 6.18 Å². The molecular weight excluding hydrogens is 584 g/mol. The van der Waals surface area contributed by atoms with Gasteiger partial charge in [0.25, 0.3) is 5.91 Å². The van der Waals surface area contributed by atoms with Gasteiger partial charge in [-0.2, -0.15) is 13.2 Å². The van der Waals surface area contributed by atoms with E-state index in [0.717, 1.165) is 43.1 Å². The fraction of sp³-hybridized carbons (Fsp3) is 0.538. The molecule has 3 saturated heterocycles. The summed E-state index contributed by atoms with van der Waals surface area (Å²) in [6.07, 6.45) is -1.59. The summed E-state index contributed by atoms with van der Waals surface area (Å²) in [5, 5.41) is 15.1. The van der Waals surface area contributed by atoms with Crippen molar-refractivity contribution in [2.45, 2.75) is 50.4 Å². The molecule has 3 aliphatic rings. The number of thiocarbonyl (C=S) groups is 1. The Bertz CT molecular complexity index is 1260. The van der Waals surface area contributed by atoms with Crippen LogP contribution in [0.15, 0.2) is 23.6 Å². The highest BCUT2D eigenvalue weighted by molar-refractivity contribution is 8.23. The van der Waals surface area contributed by atoms with Crippen LogP contribution in [0.2, 0.25) is 0 Å². The second-order valence-corrected chi connectivity index (χ2v) is 12.6. The number of halogens is 3. The van der Waals surface area contributed by atoms with Crippen LogP contribution in [0.5, 0.6) is 0 Å². The number of rotatable bonds is 7. The van der Waals surface area contributed by atoms with Gasteiger partial charge in [0.1, 0.15) is 16.2 Å². The molecule has 0 saturated carbocycles. The Labute approximate surface area is 243 Å². The molecule has 2 amide bonds. The van der Waals surface area contributed by atoms with Crippen LogP contribution in [0, 0.1) is 0 Å². The van der Waals surface area contributed by atoms with Crippen molar-refractivity contribution in [1.82, 2.24) is 14.8 Å². The van der Waals surface area contributed by atoms with Gasteiger partial charge in [0.15, 0.2) is 0 Å². The minimum absolute atomic E-state index is 0.0134. The molecule has 216 valence electrons. The summed E-state index contributed by atoms with van der Waals surface area (Å²) in [6.45, 7) is 2.97. The number of hydrogen-bond acceptors (Lipinski definition) is 8. The summed E-state index contributed by atoms with van der Waals surface area (Å²) in [5.41, 5.74) is 0.0561. The lowest BCUT2D eigenvalue weighted by atomic mass is 9.97. The van der Waals surface area contributed by atoms with E-state index in [1.807, 2.05) is 9.80 Å². The lowest BCUT2D eigenvalue weighted by Crippen LogP contribution is -2.41. The number of aromatic nitrogens is 1. The van der Waals surface area contributed by atoms with Crippen LogP contribution < -0.4 is 10.2 Å². The van der Waals surface area contributed by atoms with Gasteiger partial charge in [-0.25, -0.2) is 4.98 Å². The van der Waals surface area contributed by atoms with E-state index in [2.05, 4.69) is 10.3 Å². The van der Waals surface area contributed by atoms with Crippen LogP contribution in [0.4, 0.5) is 24.5 Å². The van der Waals surface area contributed by atoms with E-state index in [1.165, 1.54) is 29.2 Å². The number of nitrogens with one attached hydrogen (secondary N) is 1. The number of hydrogen-bond donors (Lipinski definition) is 2. The number of piperidine rings is 1. The molecule has 1 atom stereocenters. The number of likely N-dealkylation sites (tertiary alicyclic amines) is 1. The summed E-state index contributed by atoms with van der Waals surface area (Å²) < 4.78 is 40.8. The van der Waals surface area contributed by atoms with Crippen LogP contribution in [0.3, 0.4) is 0 Å². The first-order chi connectivity index (χ1) is 19.1. The first-order valence-electron chi connectivity index (χ1n) is 13.2. The molecule has 4 heterocycles. The van der Waals surface area contributed by atoms with Crippen molar-refractivity contribution in [3.63, 3.8) is 0 Å². The number of amides is 2. The van der Waals surface area contributed by atoms with E-state index < -0.39 is 23.9 Å². The average molecular weight is 614 g/mol. The highest BCUT2D eigenvalue weighted by Gasteiger charge is 2.33. The van der Waals surface area contributed by atoms with E-state index in [9.17, 15) is 27.9 Å². The Morgan fingerprint density at radius 1 is 1.15 bits per heavy atom. The molecule has 1 unspecified atom stereocenters. The van der Waals surface area contributed by atoms with Crippen molar-refractivity contribution in [3.8, 4) is 0 Å². The quantitative estimate of drug-likeness (QED) is 0.433. The number of benzene rings is 1. The molecule has 1 aromatic carbocycles. The molecule has 0 aliphatic carbocycles. The minimum Gasteiger partial charge on any atom is -0.373 e. The number of thioether (sulfide) groups is 1. The molecule has 40 heavy (non-hydrogen) atoms. The van der Waals surface area contributed by atoms with E-state index >= 15 is 0 Å². The smallest absolute Gasteiger partial charge is 0.373 e. The van der Waals surface area contributed by atoms with E-state index in [4.69, 9.17) is 12.2 Å². The summed E-state index contributed by atoms with van der Waals surface area (Å²) in [6, 6.07) is 3.46. The maximum atomic E-state index is 13.4. The van der Waals surface area contributed by atoms with Gasteiger partial charge < -0.3 is 25.1 Å². The van der Waals surface area contributed by atoms with Crippen molar-refractivity contribution in [1.29, 1.82) is 0 Å². The third-order valence-corrected chi connectivity index (χ3v) is 10.0. The van der Waals surface area contributed by atoms with Crippen molar-refractivity contribution in [2.75, 3.05) is 48.7 Å². The molecule has 5 rings (SSSR count). The molecule has 8 nitrogen and oxygen atoms in total. The normalized spacial score (nSPS) is 20.4. The maximum Gasteiger partial charge on any atom is 0.416 e. The zero-order valence-electron chi connectivity index (χ0n) is 21.7. The Morgan fingerprint density at radius 2 is 1.88 bits per heavy atom. The van der Waals surface area contributed by atoms with Crippen LogP contribution in [-0.4, -0.2) is 80.7 Å². The highest BCUT2D eigenvalue weighted by Crippen LogP contribution is 2.37. The van der Waals surface area contributed by atoms with E-state index in [1.54, 1.807) is 10.3 Å². The minimum atomic E-state index is -4.52. The topological polar surface area (TPSA) is 89.0 Å². The van der Waals surface area contributed by atoms with Crippen LogP contribution in [0.1, 0.15) is 59.1 Å². The molecule has 14 heteroatoms. The Hall–Kier alpha value is -2.42. The SMILES string of the molecule is O=C(Nc1cc(C(F)(F)F)ccc1N1CCCC1)c1csc(C2CCN(C(=O)CCN3C(=S)SCC3O)CC2)n1. The summed E-state index contributed by atoms with van der Waals surface area (Å²) in [4.78, 5) is 35.8. The number of nitrogens with zero attached hydrogens (tertiary/aromatic N) is 4. The molecule has 1 aromatic heterocycles. The number of aliphatic hydroxyl groups is 1. The van der Waals surface area contributed by atoms with Crippen molar-refractivity contribution < 1.29 is 27.9 Å². The molecule has 2 N–H and O–H groups in total. The zero-order valence-corrected chi connectivity index (χ0v) is 24.1. The number of thiazole rings is 1. The summed E-state index contributed by atoms with van der Waals surface area (Å²) in [5.74, 6) is 0.0782. The fourth-order valence-corrected chi connectivity index (χ4v) is 7.48. The maximum absolute atomic E-state index is 13.4. The van der Waals surface area contributed by atoms with Crippen molar-refractivity contribution in [2.24, 2.45) is 0 Å². The van der Waals surface area contributed by atoms with Crippen molar-refractivity contribution >= 4 is 62.8 Å². The Morgan fingerprint density at radius 3 is 2.52 bits per heavy atom. The predicted octanol–water partition coefficient (Wildman–Crippen LogP) is 4.76. The van der Waals surface area contributed by atoms with Gasteiger partial charge in [0, 0.05) is 56.2 Å². The summed E-state index contributed by atoms with van der Waals surface area (Å²) in [7, 11) is 0. The third kappa shape index (κ3) is 6.55. The van der Waals surface area contributed by atoms with Crippen LogP contribution >= 0.6 is 35.3 Å². The molecular formula is C26H30F3N5O3S3. The standard InChI is InChI=1S/C26H30F3N5O3S3/c27-26(28,29)17-3-4-20(32-8-1-2-9-32)18(13-17)30-23(37)19-14-39-24(31-19)16-5-10-33(11-6-16)21(35)7-12-34-22(36)15-40-25(34)38/h3-4,13-14,16,22,36H,1-2,5-12,15H2,(H,30,37). The number of carbonyl (C=O) groups is 2. The lowest BCUT2D eigenvalue weighted by molar-refractivity contribution is -0.137. The second kappa shape index (κ2) is 12.2. The Balaban J connectivity index is 1.18. The molecule has 2 aromatic rings. The molecule has 0 spiro atoms. The second-order valence-electron chi connectivity index (χ2n) is 10.1. The lowest BCUT2D eigenvalue weighted by Gasteiger charge is -2.32. The van der Waals surface area contributed by atoms with Gasteiger partial charge in [-0.15, -0.1) is 11.3 Å². The van der Waals surface area contributed by atoms with Gasteiger partial charge in [0.2, 0.25) is 5.91 Å². The summed E-state index contributed by atoms with van der Waals surface area (Å²) >= 11 is 7.99. The molecule has 0 radical (unpaired) electrons. The third-order valence-electron chi connectivity index (χ3n) is 7.49.